The largest absolute Gasteiger partial charge is 0.480 e. The van der Waals surface area contributed by atoms with Gasteiger partial charge in [0.1, 0.15) is 12.1 Å². The maximum absolute atomic E-state index is 12.1. The van der Waals surface area contributed by atoms with Crippen LogP contribution in [0.2, 0.25) is 0 Å². The minimum atomic E-state index is -1.03. The number of hydrogen-bond donors (Lipinski definition) is 3. The highest BCUT2D eigenvalue weighted by atomic mass is 32.2. The van der Waals surface area contributed by atoms with Crippen LogP contribution in [0, 0.1) is 0 Å². The molecule has 0 aromatic heterocycles. The van der Waals surface area contributed by atoms with Crippen LogP contribution in [0.4, 0.5) is 4.79 Å². The number of aliphatic carboxylic acids is 1. The van der Waals surface area contributed by atoms with Gasteiger partial charge >= 0.3 is 12.0 Å². The van der Waals surface area contributed by atoms with Crippen molar-refractivity contribution in [3.05, 3.63) is 0 Å². The van der Waals surface area contributed by atoms with E-state index in [2.05, 4.69) is 5.32 Å². The molecule has 3 atom stereocenters. The third-order valence-corrected chi connectivity index (χ3v) is 4.27. The number of thioether (sulfide) groups is 1. The van der Waals surface area contributed by atoms with Gasteiger partial charge in [-0.05, 0) is 13.3 Å². The Morgan fingerprint density at radius 2 is 2.16 bits per heavy atom. The van der Waals surface area contributed by atoms with Gasteiger partial charge in [0.05, 0.1) is 5.37 Å². The minimum absolute atomic E-state index is 0.175. The first kappa shape index (κ1) is 15.6. The van der Waals surface area contributed by atoms with Gasteiger partial charge < -0.3 is 16.2 Å². The molecule has 1 aliphatic rings. The van der Waals surface area contributed by atoms with Gasteiger partial charge in [0.25, 0.3) is 0 Å². The molecule has 3 unspecified atom stereocenters. The van der Waals surface area contributed by atoms with Gasteiger partial charge in [-0.25, -0.2) is 9.59 Å². The summed E-state index contributed by atoms with van der Waals surface area (Å²) in [5, 5.41) is 11.4. The van der Waals surface area contributed by atoms with Crippen molar-refractivity contribution < 1.29 is 19.5 Å². The fourth-order valence-corrected chi connectivity index (χ4v) is 3.34. The van der Waals surface area contributed by atoms with E-state index in [0.29, 0.717) is 12.2 Å². The highest BCUT2D eigenvalue weighted by Gasteiger charge is 2.41. The minimum Gasteiger partial charge on any atom is -0.480 e. The molecule has 0 spiro atoms. The number of hydrogen-bond acceptors (Lipinski definition) is 4. The van der Waals surface area contributed by atoms with Crippen molar-refractivity contribution in [3.63, 3.8) is 0 Å². The standard InChI is InChI=1S/C11H19N3O4S/c1-3-4-8-14(7(5-19-8)10(16)17)11(18)13-6(2)9(12)15/h6-8H,3-5H2,1-2H3,(H2,12,15)(H,13,18)(H,16,17). The van der Waals surface area contributed by atoms with Crippen LogP contribution < -0.4 is 11.1 Å². The van der Waals surface area contributed by atoms with E-state index in [0.717, 1.165) is 6.42 Å². The zero-order valence-electron chi connectivity index (χ0n) is 11.0. The summed E-state index contributed by atoms with van der Waals surface area (Å²) in [6.45, 7) is 3.44. The molecule has 1 saturated heterocycles. The monoisotopic (exact) mass is 289 g/mol. The fourth-order valence-electron chi connectivity index (χ4n) is 1.83. The zero-order valence-corrected chi connectivity index (χ0v) is 11.8. The van der Waals surface area contributed by atoms with E-state index in [9.17, 15) is 14.4 Å². The summed E-state index contributed by atoms with van der Waals surface area (Å²) in [6, 6.07) is -2.24. The second kappa shape index (κ2) is 6.65. The summed E-state index contributed by atoms with van der Waals surface area (Å²) in [4.78, 5) is 35.5. The molecule has 19 heavy (non-hydrogen) atoms. The molecule has 0 radical (unpaired) electrons. The number of nitrogens with two attached hydrogens (primary N) is 1. The Labute approximate surface area is 115 Å². The van der Waals surface area contributed by atoms with E-state index in [1.54, 1.807) is 0 Å². The Morgan fingerprint density at radius 3 is 2.63 bits per heavy atom. The van der Waals surface area contributed by atoms with Crippen LogP contribution in [0.1, 0.15) is 26.7 Å². The van der Waals surface area contributed by atoms with E-state index in [4.69, 9.17) is 10.8 Å². The second-order valence-electron chi connectivity index (χ2n) is 4.41. The van der Waals surface area contributed by atoms with E-state index in [1.165, 1.54) is 23.6 Å². The maximum Gasteiger partial charge on any atom is 0.327 e. The Hall–Kier alpha value is -1.44. The van der Waals surface area contributed by atoms with Crippen molar-refractivity contribution in [1.29, 1.82) is 0 Å². The van der Waals surface area contributed by atoms with Crippen LogP contribution in [0.15, 0.2) is 0 Å². The van der Waals surface area contributed by atoms with Crippen LogP contribution in [-0.2, 0) is 9.59 Å². The van der Waals surface area contributed by atoms with Gasteiger partial charge in [-0.1, -0.05) is 13.3 Å². The average molecular weight is 289 g/mol. The Kier molecular flexibility index (Phi) is 5.46. The number of carbonyl (C=O) groups excluding carboxylic acids is 2. The van der Waals surface area contributed by atoms with Crippen molar-refractivity contribution in [2.45, 2.75) is 44.1 Å². The molecule has 0 aliphatic carbocycles. The first-order valence-electron chi connectivity index (χ1n) is 6.11. The maximum atomic E-state index is 12.1. The molecule has 1 heterocycles. The summed E-state index contributed by atoms with van der Waals surface area (Å²) >= 11 is 1.44. The Morgan fingerprint density at radius 1 is 1.53 bits per heavy atom. The lowest BCUT2D eigenvalue weighted by molar-refractivity contribution is -0.141. The van der Waals surface area contributed by atoms with E-state index >= 15 is 0 Å². The van der Waals surface area contributed by atoms with E-state index in [-0.39, 0.29) is 5.37 Å². The predicted octanol–water partition coefficient (Wildman–Crippen LogP) is 0.198. The highest BCUT2D eigenvalue weighted by molar-refractivity contribution is 8.00. The summed E-state index contributed by atoms with van der Waals surface area (Å²) < 4.78 is 0. The quantitative estimate of drug-likeness (QED) is 0.669. The smallest absolute Gasteiger partial charge is 0.327 e. The molecule has 0 saturated carbocycles. The lowest BCUT2D eigenvalue weighted by atomic mass is 10.2. The first-order chi connectivity index (χ1) is 8.88. The summed E-state index contributed by atoms with van der Waals surface area (Å²) in [7, 11) is 0. The van der Waals surface area contributed by atoms with Crippen LogP contribution in [0.25, 0.3) is 0 Å². The number of nitrogens with one attached hydrogen (secondary N) is 1. The second-order valence-corrected chi connectivity index (χ2v) is 5.62. The van der Waals surface area contributed by atoms with Crippen LogP contribution in [-0.4, -0.2) is 51.1 Å². The van der Waals surface area contributed by atoms with Gasteiger partial charge in [0.2, 0.25) is 5.91 Å². The molecule has 7 nitrogen and oxygen atoms in total. The normalized spacial score (nSPS) is 24.0. The van der Waals surface area contributed by atoms with Gasteiger partial charge in [-0.15, -0.1) is 11.8 Å². The molecule has 1 fully saturated rings. The summed E-state index contributed by atoms with van der Waals surface area (Å²) in [5.41, 5.74) is 5.08. The van der Waals surface area contributed by atoms with Gasteiger partial charge in [-0.2, -0.15) is 0 Å². The summed E-state index contributed by atoms with van der Waals surface area (Å²) in [6.07, 6.45) is 1.56. The lowest BCUT2D eigenvalue weighted by Gasteiger charge is -2.28. The molecule has 0 aromatic rings. The molecule has 0 aromatic carbocycles. The molecule has 0 bridgehead atoms. The van der Waals surface area contributed by atoms with Crippen LogP contribution in [0.3, 0.4) is 0 Å². The van der Waals surface area contributed by atoms with E-state index < -0.39 is 30.0 Å². The number of urea groups is 1. The predicted molar refractivity (Wildman–Crippen MR) is 71.6 cm³/mol. The van der Waals surface area contributed by atoms with Crippen molar-refractivity contribution in [2.75, 3.05) is 5.75 Å². The number of carbonyl (C=O) groups is 3. The molecule has 1 aliphatic heterocycles. The topological polar surface area (TPSA) is 113 Å². The molecule has 108 valence electrons. The molecule has 1 rings (SSSR count). The van der Waals surface area contributed by atoms with Crippen LogP contribution in [0.5, 0.6) is 0 Å². The van der Waals surface area contributed by atoms with E-state index in [1.807, 2.05) is 6.92 Å². The first-order valence-corrected chi connectivity index (χ1v) is 7.15. The molecule has 3 amide bonds. The van der Waals surface area contributed by atoms with Gasteiger partial charge in [-0.3, -0.25) is 9.69 Å². The third-order valence-electron chi connectivity index (χ3n) is 2.91. The van der Waals surface area contributed by atoms with Gasteiger partial charge in [0, 0.05) is 5.75 Å². The van der Waals surface area contributed by atoms with Crippen molar-refractivity contribution in [1.82, 2.24) is 10.2 Å². The van der Waals surface area contributed by atoms with Crippen molar-refractivity contribution in [3.8, 4) is 0 Å². The Bertz CT molecular complexity index is 377. The number of rotatable bonds is 5. The van der Waals surface area contributed by atoms with Crippen molar-refractivity contribution >= 4 is 29.7 Å². The summed E-state index contributed by atoms with van der Waals surface area (Å²) in [5.74, 6) is -1.33. The molecular weight excluding hydrogens is 270 g/mol. The SMILES string of the molecule is CCCC1SCC(C(=O)O)N1C(=O)NC(C)C(N)=O. The number of primary amides is 1. The van der Waals surface area contributed by atoms with Gasteiger partial charge in [0.15, 0.2) is 0 Å². The third kappa shape index (κ3) is 3.76. The molecular formula is C11H19N3O4S. The average Bonchev–Trinajstić information content (AvgIpc) is 2.73. The number of carboxylic acids is 1. The highest BCUT2D eigenvalue weighted by Crippen LogP contribution is 2.32. The fraction of sp³-hybridized carbons (Fsp3) is 0.727. The number of amides is 3. The molecule has 8 heteroatoms. The number of carboxylic acid groups (broad SMARTS) is 1. The lowest BCUT2D eigenvalue weighted by Crippen LogP contribution is -2.54. The number of nitrogens with zero attached hydrogens (tertiary/aromatic N) is 1. The Balaban J connectivity index is 2.80. The van der Waals surface area contributed by atoms with Crippen LogP contribution >= 0.6 is 11.8 Å². The zero-order chi connectivity index (χ0) is 14.6. The molecule has 4 N–H and O–H groups in total. The van der Waals surface area contributed by atoms with Crippen molar-refractivity contribution in [2.24, 2.45) is 5.73 Å².